The average Bonchev–Trinajstić information content (AvgIpc) is 2.81. The van der Waals surface area contributed by atoms with Crippen LogP contribution in [0.4, 0.5) is 11.4 Å². The predicted octanol–water partition coefficient (Wildman–Crippen LogP) is 2.34. The molecule has 0 spiro atoms. The lowest BCUT2D eigenvalue weighted by Gasteiger charge is -2.05. The highest BCUT2D eigenvalue weighted by atomic mass is 14.9. The summed E-state index contributed by atoms with van der Waals surface area (Å²) in [6.45, 7) is 3.40. The molecule has 2 unspecified atom stereocenters. The second kappa shape index (κ2) is 3.29. The van der Waals surface area contributed by atoms with Crippen LogP contribution in [0.25, 0.3) is 0 Å². The topological polar surface area (TPSA) is 38.0 Å². The lowest BCUT2D eigenvalue weighted by atomic mass is 10.2. The standard InChI is InChI=1S/C11H16N2/c1-8-6-9(8)7-13-11-4-2-10(12)3-5-11/h2-5,8-9,13H,6-7,12H2,1H3. The number of nitrogen functional groups attached to an aromatic ring is 1. The number of benzene rings is 1. The van der Waals surface area contributed by atoms with Crippen molar-refractivity contribution in [3.05, 3.63) is 24.3 Å². The SMILES string of the molecule is CC1CC1CNc1ccc(N)cc1. The molecule has 2 nitrogen and oxygen atoms in total. The molecule has 2 rings (SSSR count). The van der Waals surface area contributed by atoms with E-state index in [9.17, 15) is 0 Å². The number of rotatable bonds is 3. The Bertz CT molecular complexity index is 279. The molecule has 0 radical (unpaired) electrons. The summed E-state index contributed by atoms with van der Waals surface area (Å²) >= 11 is 0. The lowest BCUT2D eigenvalue weighted by Crippen LogP contribution is -2.04. The Kier molecular flexibility index (Phi) is 2.13. The van der Waals surface area contributed by atoms with E-state index in [1.807, 2.05) is 24.3 Å². The van der Waals surface area contributed by atoms with Crippen molar-refractivity contribution in [3.8, 4) is 0 Å². The molecule has 1 aromatic rings. The maximum atomic E-state index is 5.59. The second-order valence-corrected chi connectivity index (χ2v) is 3.98. The van der Waals surface area contributed by atoms with Gasteiger partial charge >= 0.3 is 0 Å². The number of nitrogens with two attached hydrogens (primary N) is 1. The van der Waals surface area contributed by atoms with Crippen LogP contribution in [0.3, 0.4) is 0 Å². The fourth-order valence-corrected chi connectivity index (χ4v) is 1.53. The van der Waals surface area contributed by atoms with Crippen molar-refractivity contribution in [1.29, 1.82) is 0 Å². The minimum atomic E-state index is 0.824. The van der Waals surface area contributed by atoms with Gasteiger partial charge in [-0.2, -0.15) is 0 Å². The largest absolute Gasteiger partial charge is 0.399 e. The Labute approximate surface area is 79.1 Å². The van der Waals surface area contributed by atoms with Gasteiger partial charge in [0.2, 0.25) is 0 Å². The molecule has 1 saturated carbocycles. The maximum Gasteiger partial charge on any atom is 0.0341 e. The van der Waals surface area contributed by atoms with Crippen LogP contribution in [-0.2, 0) is 0 Å². The van der Waals surface area contributed by atoms with Crippen LogP contribution >= 0.6 is 0 Å². The molecule has 2 atom stereocenters. The molecule has 0 heterocycles. The predicted molar refractivity (Wildman–Crippen MR) is 56.6 cm³/mol. The van der Waals surface area contributed by atoms with Gasteiger partial charge in [-0.3, -0.25) is 0 Å². The molecule has 3 N–H and O–H groups in total. The summed E-state index contributed by atoms with van der Waals surface area (Å²) in [5.74, 6) is 1.80. The van der Waals surface area contributed by atoms with E-state index in [0.717, 1.165) is 24.1 Å². The van der Waals surface area contributed by atoms with Crippen LogP contribution in [0.1, 0.15) is 13.3 Å². The van der Waals surface area contributed by atoms with Gasteiger partial charge in [-0.05, 0) is 42.5 Å². The molecule has 0 amide bonds. The first-order valence-electron chi connectivity index (χ1n) is 4.85. The van der Waals surface area contributed by atoms with Crippen molar-refractivity contribution < 1.29 is 0 Å². The quantitative estimate of drug-likeness (QED) is 0.694. The van der Waals surface area contributed by atoms with E-state index in [2.05, 4.69) is 12.2 Å². The van der Waals surface area contributed by atoms with E-state index in [0.29, 0.717) is 0 Å². The van der Waals surface area contributed by atoms with E-state index in [1.54, 1.807) is 0 Å². The second-order valence-electron chi connectivity index (χ2n) is 3.98. The van der Waals surface area contributed by atoms with Gasteiger partial charge in [-0.1, -0.05) is 6.92 Å². The summed E-state index contributed by atoms with van der Waals surface area (Å²) in [5, 5.41) is 3.41. The Morgan fingerprint density at radius 2 is 2.00 bits per heavy atom. The number of hydrogen-bond acceptors (Lipinski definition) is 2. The van der Waals surface area contributed by atoms with Gasteiger partial charge in [0, 0.05) is 17.9 Å². The summed E-state index contributed by atoms with van der Waals surface area (Å²) in [7, 11) is 0. The molecular formula is C11H16N2. The fraction of sp³-hybridized carbons (Fsp3) is 0.455. The van der Waals surface area contributed by atoms with E-state index in [4.69, 9.17) is 5.73 Å². The monoisotopic (exact) mass is 176 g/mol. The third kappa shape index (κ3) is 2.14. The molecule has 13 heavy (non-hydrogen) atoms. The maximum absolute atomic E-state index is 5.59. The average molecular weight is 176 g/mol. The minimum absolute atomic E-state index is 0.824. The summed E-state index contributed by atoms with van der Waals surface area (Å²) < 4.78 is 0. The zero-order chi connectivity index (χ0) is 9.26. The van der Waals surface area contributed by atoms with Gasteiger partial charge < -0.3 is 11.1 Å². The summed E-state index contributed by atoms with van der Waals surface area (Å²) in [5.41, 5.74) is 7.59. The highest BCUT2D eigenvalue weighted by Crippen LogP contribution is 2.37. The normalized spacial score (nSPS) is 25.6. The molecule has 2 heteroatoms. The number of anilines is 2. The van der Waals surface area contributed by atoms with Crippen LogP contribution in [0, 0.1) is 11.8 Å². The first kappa shape index (κ1) is 8.42. The van der Waals surface area contributed by atoms with E-state index in [1.165, 1.54) is 12.1 Å². The van der Waals surface area contributed by atoms with Gasteiger partial charge in [0.1, 0.15) is 0 Å². The van der Waals surface area contributed by atoms with Gasteiger partial charge in [0.25, 0.3) is 0 Å². The summed E-state index contributed by atoms with van der Waals surface area (Å²) in [6.07, 6.45) is 1.38. The van der Waals surface area contributed by atoms with Crippen molar-refractivity contribution in [1.82, 2.24) is 0 Å². The van der Waals surface area contributed by atoms with E-state index >= 15 is 0 Å². The highest BCUT2D eigenvalue weighted by molar-refractivity contribution is 5.51. The molecule has 70 valence electrons. The van der Waals surface area contributed by atoms with Gasteiger partial charge in [0.05, 0.1) is 0 Å². The van der Waals surface area contributed by atoms with Crippen LogP contribution in [0.15, 0.2) is 24.3 Å². The van der Waals surface area contributed by atoms with Gasteiger partial charge in [-0.15, -0.1) is 0 Å². The van der Waals surface area contributed by atoms with Crippen LogP contribution < -0.4 is 11.1 Å². The summed E-state index contributed by atoms with van der Waals surface area (Å²) in [6, 6.07) is 7.92. The van der Waals surface area contributed by atoms with Crippen molar-refractivity contribution in [3.63, 3.8) is 0 Å². The molecule has 0 saturated heterocycles. The van der Waals surface area contributed by atoms with Crippen LogP contribution in [0.5, 0.6) is 0 Å². The molecule has 1 aliphatic rings. The van der Waals surface area contributed by atoms with Gasteiger partial charge in [0.15, 0.2) is 0 Å². The number of hydrogen-bond donors (Lipinski definition) is 2. The van der Waals surface area contributed by atoms with Crippen LogP contribution in [0.2, 0.25) is 0 Å². The number of nitrogens with one attached hydrogen (secondary N) is 1. The van der Waals surface area contributed by atoms with Crippen molar-refractivity contribution in [2.24, 2.45) is 11.8 Å². The Balaban J connectivity index is 1.84. The molecule has 1 aliphatic carbocycles. The molecule has 1 aromatic carbocycles. The lowest BCUT2D eigenvalue weighted by molar-refractivity contribution is 0.787. The summed E-state index contributed by atoms with van der Waals surface area (Å²) in [4.78, 5) is 0. The highest BCUT2D eigenvalue weighted by Gasteiger charge is 2.31. The molecular weight excluding hydrogens is 160 g/mol. The van der Waals surface area contributed by atoms with Crippen molar-refractivity contribution >= 4 is 11.4 Å². The van der Waals surface area contributed by atoms with Crippen molar-refractivity contribution in [2.75, 3.05) is 17.6 Å². The Hall–Kier alpha value is -1.18. The zero-order valence-electron chi connectivity index (χ0n) is 7.96. The first-order chi connectivity index (χ1) is 6.25. The third-order valence-corrected chi connectivity index (χ3v) is 2.76. The molecule has 0 bridgehead atoms. The van der Waals surface area contributed by atoms with E-state index < -0.39 is 0 Å². The Morgan fingerprint density at radius 1 is 1.38 bits per heavy atom. The molecule has 0 aromatic heterocycles. The minimum Gasteiger partial charge on any atom is -0.399 e. The van der Waals surface area contributed by atoms with Gasteiger partial charge in [-0.25, -0.2) is 0 Å². The van der Waals surface area contributed by atoms with Crippen molar-refractivity contribution in [2.45, 2.75) is 13.3 Å². The third-order valence-electron chi connectivity index (χ3n) is 2.76. The van der Waals surface area contributed by atoms with Crippen LogP contribution in [-0.4, -0.2) is 6.54 Å². The zero-order valence-corrected chi connectivity index (χ0v) is 7.96. The fourth-order valence-electron chi connectivity index (χ4n) is 1.53. The Morgan fingerprint density at radius 3 is 2.54 bits per heavy atom. The first-order valence-corrected chi connectivity index (χ1v) is 4.85. The smallest absolute Gasteiger partial charge is 0.0341 e. The molecule has 0 aliphatic heterocycles. The molecule has 1 fully saturated rings. The van der Waals surface area contributed by atoms with E-state index in [-0.39, 0.29) is 0 Å².